The fourth-order valence-corrected chi connectivity index (χ4v) is 4.26. The first-order valence-corrected chi connectivity index (χ1v) is 9.89. The van der Waals surface area contributed by atoms with Crippen LogP contribution in [0.5, 0.6) is 0 Å². The lowest BCUT2D eigenvalue weighted by atomic mass is 10.1. The zero-order valence-corrected chi connectivity index (χ0v) is 15.1. The summed E-state index contributed by atoms with van der Waals surface area (Å²) in [5.74, 6) is -0.742. The van der Waals surface area contributed by atoms with Gasteiger partial charge in [0.25, 0.3) is 0 Å². The summed E-state index contributed by atoms with van der Waals surface area (Å²) in [5, 5.41) is 5.21. The molecule has 8 heteroatoms. The lowest BCUT2D eigenvalue weighted by molar-refractivity contribution is 0.571. The zero-order chi connectivity index (χ0) is 17.5. The molecule has 0 spiro atoms. The van der Waals surface area contributed by atoms with E-state index in [1.54, 1.807) is 10.7 Å². The highest BCUT2D eigenvalue weighted by Gasteiger charge is 2.17. The maximum Gasteiger partial charge on any atom is 0.178 e. The molecule has 0 aliphatic rings. The van der Waals surface area contributed by atoms with E-state index in [-0.39, 0.29) is 4.90 Å². The highest BCUT2D eigenvalue weighted by Crippen LogP contribution is 2.32. The zero-order valence-electron chi connectivity index (χ0n) is 13.4. The Balaban J connectivity index is 1.94. The average molecular weight is 365 g/mol. The normalized spacial score (nSPS) is 11.8. The van der Waals surface area contributed by atoms with Crippen LogP contribution >= 0.6 is 11.3 Å². The van der Waals surface area contributed by atoms with E-state index >= 15 is 0 Å². The van der Waals surface area contributed by atoms with Gasteiger partial charge in [-0.3, -0.25) is 4.68 Å². The molecule has 0 saturated carbocycles. The van der Waals surface area contributed by atoms with Gasteiger partial charge in [0.05, 0.1) is 21.3 Å². The Kier molecular flexibility index (Phi) is 4.27. The number of halogens is 1. The van der Waals surface area contributed by atoms with E-state index in [4.69, 9.17) is 0 Å². The summed E-state index contributed by atoms with van der Waals surface area (Å²) in [6.07, 6.45) is 3.47. The van der Waals surface area contributed by atoms with Crippen molar-refractivity contribution in [3.05, 3.63) is 52.7 Å². The molecule has 0 N–H and O–H groups in total. The van der Waals surface area contributed by atoms with Crippen LogP contribution in [0.3, 0.4) is 0 Å². The molecule has 0 amide bonds. The number of benzene rings is 1. The van der Waals surface area contributed by atoms with E-state index in [0.29, 0.717) is 12.0 Å². The average Bonchev–Trinajstić information content (AvgIpc) is 3.03. The molecular weight excluding hydrogens is 349 g/mol. The van der Waals surface area contributed by atoms with Crippen molar-refractivity contribution in [2.45, 2.75) is 18.2 Å². The second kappa shape index (κ2) is 6.10. The quantitative estimate of drug-likeness (QED) is 0.713. The molecule has 3 aromatic rings. The predicted octanol–water partition coefficient (Wildman–Crippen LogP) is 2.99. The van der Waals surface area contributed by atoms with Gasteiger partial charge in [0.15, 0.2) is 9.84 Å². The van der Waals surface area contributed by atoms with Crippen LogP contribution in [0, 0.1) is 12.7 Å². The summed E-state index contributed by atoms with van der Waals surface area (Å²) in [4.78, 5) is 5.06. The first kappa shape index (κ1) is 16.8. The summed E-state index contributed by atoms with van der Waals surface area (Å²) >= 11 is 1.46. The first-order valence-electron chi connectivity index (χ1n) is 7.19. The molecule has 0 saturated heterocycles. The molecule has 0 bridgehead atoms. The first-order chi connectivity index (χ1) is 11.2. The number of aromatic nitrogens is 3. The van der Waals surface area contributed by atoms with Crippen LogP contribution in [0.1, 0.15) is 16.4 Å². The van der Waals surface area contributed by atoms with Crippen LogP contribution in [0.4, 0.5) is 4.39 Å². The summed E-state index contributed by atoms with van der Waals surface area (Å²) < 4.78 is 38.9. The lowest BCUT2D eigenvalue weighted by Gasteiger charge is -2.03. The van der Waals surface area contributed by atoms with Crippen LogP contribution in [0.25, 0.3) is 10.4 Å². The molecule has 24 heavy (non-hydrogen) atoms. The van der Waals surface area contributed by atoms with Gasteiger partial charge in [0.1, 0.15) is 10.7 Å². The predicted molar refractivity (Wildman–Crippen MR) is 91.4 cm³/mol. The largest absolute Gasteiger partial charge is 0.276 e. The van der Waals surface area contributed by atoms with E-state index in [9.17, 15) is 12.8 Å². The van der Waals surface area contributed by atoms with Crippen molar-refractivity contribution in [2.75, 3.05) is 6.26 Å². The second-order valence-electron chi connectivity index (χ2n) is 5.60. The van der Waals surface area contributed by atoms with Gasteiger partial charge in [-0.25, -0.2) is 17.8 Å². The van der Waals surface area contributed by atoms with Crippen LogP contribution < -0.4 is 0 Å². The van der Waals surface area contributed by atoms with Gasteiger partial charge in [-0.05, 0) is 30.7 Å². The number of thiazole rings is 1. The summed E-state index contributed by atoms with van der Waals surface area (Å²) in [7, 11) is -1.72. The minimum Gasteiger partial charge on any atom is -0.276 e. The Bertz CT molecular complexity index is 1010. The third-order valence-electron chi connectivity index (χ3n) is 3.54. The van der Waals surface area contributed by atoms with Crippen LogP contribution in [0.2, 0.25) is 0 Å². The van der Waals surface area contributed by atoms with Gasteiger partial charge in [0, 0.05) is 25.9 Å². The topological polar surface area (TPSA) is 64.8 Å². The summed E-state index contributed by atoms with van der Waals surface area (Å²) in [6.45, 7) is 1.86. The van der Waals surface area contributed by atoms with Crippen molar-refractivity contribution in [1.82, 2.24) is 14.8 Å². The maximum absolute atomic E-state index is 14.1. The monoisotopic (exact) mass is 365 g/mol. The Morgan fingerprint density at radius 2 is 2.04 bits per heavy atom. The van der Waals surface area contributed by atoms with Crippen molar-refractivity contribution < 1.29 is 12.8 Å². The third kappa shape index (κ3) is 3.39. The van der Waals surface area contributed by atoms with Crippen LogP contribution in [-0.2, 0) is 23.3 Å². The van der Waals surface area contributed by atoms with Crippen LogP contribution in [-0.4, -0.2) is 29.4 Å². The Labute approximate surface area is 143 Å². The fraction of sp³-hybridized carbons (Fsp3) is 0.250. The number of hydrogen-bond acceptors (Lipinski definition) is 5. The standard InChI is InChI=1S/C16H16FN3O2S2/c1-10-16(11-4-5-14(13(17)8-11)24(3,21)22)23-15(18-10)9-12-6-7-20(2)19-12/h4-8H,9H2,1-3H3. The van der Waals surface area contributed by atoms with Crippen molar-refractivity contribution in [3.8, 4) is 10.4 Å². The van der Waals surface area contributed by atoms with E-state index < -0.39 is 15.7 Å². The Morgan fingerprint density at radius 1 is 1.29 bits per heavy atom. The highest BCUT2D eigenvalue weighted by atomic mass is 32.2. The number of sulfone groups is 1. The van der Waals surface area contributed by atoms with Crippen LogP contribution in [0.15, 0.2) is 35.4 Å². The van der Waals surface area contributed by atoms with Crippen molar-refractivity contribution >= 4 is 21.2 Å². The third-order valence-corrected chi connectivity index (χ3v) is 5.87. The fourth-order valence-electron chi connectivity index (χ4n) is 2.45. The number of rotatable bonds is 4. The number of nitrogens with zero attached hydrogens (tertiary/aromatic N) is 3. The molecule has 1 aromatic carbocycles. The van der Waals surface area contributed by atoms with Gasteiger partial charge in [0.2, 0.25) is 0 Å². The van der Waals surface area contributed by atoms with E-state index in [2.05, 4.69) is 10.1 Å². The number of hydrogen-bond donors (Lipinski definition) is 0. The molecule has 0 fully saturated rings. The molecule has 0 aliphatic heterocycles. The molecule has 2 aromatic heterocycles. The van der Waals surface area contributed by atoms with Gasteiger partial charge in [-0.2, -0.15) is 5.10 Å². The van der Waals surface area contributed by atoms with Gasteiger partial charge < -0.3 is 0 Å². The molecule has 0 radical (unpaired) electrons. The maximum atomic E-state index is 14.1. The van der Waals surface area contributed by atoms with E-state index in [1.807, 2.05) is 26.2 Å². The SMILES string of the molecule is Cc1nc(Cc2ccn(C)n2)sc1-c1ccc(S(C)(=O)=O)c(F)c1. The second-order valence-corrected chi connectivity index (χ2v) is 8.66. The summed E-state index contributed by atoms with van der Waals surface area (Å²) in [6, 6.07) is 6.10. The molecule has 0 unspecified atom stereocenters. The molecule has 126 valence electrons. The molecule has 2 heterocycles. The number of aryl methyl sites for hydroxylation is 2. The minimum atomic E-state index is -3.57. The Hall–Kier alpha value is -2.06. The van der Waals surface area contributed by atoms with Crippen molar-refractivity contribution in [2.24, 2.45) is 7.05 Å². The molecular formula is C16H16FN3O2S2. The van der Waals surface area contributed by atoms with Crippen molar-refractivity contribution in [1.29, 1.82) is 0 Å². The molecule has 0 atom stereocenters. The smallest absolute Gasteiger partial charge is 0.178 e. The lowest BCUT2D eigenvalue weighted by Crippen LogP contribution is -2.00. The van der Waals surface area contributed by atoms with E-state index in [0.717, 1.165) is 27.5 Å². The molecule has 5 nitrogen and oxygen atoms in total. The molecule has 3 rings (SSSR count). The van der Waals surface area contributed by atoms with Gasteiger partial charge >= 0.3 is 0 Å². The van der Waals surface area contributed by atoms with E-state index in [1.165, 1.54) is 23.5 Å². The van der Waals surface area contributed by atoms with Gasteiger partial charge in [-0.15, -0.1) is 11.3 Å². The van der Waals surface area contributed by atoms with Gasteiger partial charge in [-0.1, -0.05) is 6.07 Å². The minimum absolute atomic E-state index is 0.290. The Morgan fingerprint density at radius 3 is 2.62 bits per heavy atom. The molecule has 0 aliphatic carbocycles. The summed E-state index contributed by atoms with van der Waals surface area (Å²) in [5.41, 5.74) is 2.33. The van der Waals surface area contributed by atoms with Crippen molar-refractivity contribution in [3.63, 3.8) is 0 Å². The highest BCUT2D eigenvalue weighted by molar-refractivity contribution is 7.90.